The van der Waals surface area contributed by atoms with E-state index in [0.29, 0.717) is 29.9 Å². The standard InChI is InChI=1S/C17H21N3O4S2/c1-14-12-16(20-10-4-5-11-25(20,21)22)7-8-17(14)26(23,24)19-13-15-6-2-3-9-18-15/h2-3,6-9,12,19H,4-5,10-11,13H2,1H3. The molecule has 9 heteroatoms. The Morgan fingerprint density at radius 1 is 1.19 bits per heavy atom. The van der Waals surface area contributed by atoms with E-state index in [9.17, 15) is 16.8 Å². The number of sulfonamides is 2. The Balaban J connectivity index is 1.82. The maximum absolute atomic E-state index is 12.6. The van der Waals surface area contributed by atoms with Crippen molar-refractivity contribution in [1.29, 1.82) is 0 Å². The molecule has 0 spiro atoms. The molecule has 0 unspecified atom stereocenters. The summed E-state index contributed by atoms with van der Waals surface area (Å²) in [5, 5.41) is 0. The molecule has 1 aromatic heterocycles. The topological polar surface area (TPSA) is 96.4 Å². The number of aryl methyl sites for hydroxylation is 1. The molecule has 140 valence electrons. The lowest BCUT2D eigenvalue weighted by Crippen LogP contribution is -2.37. The summed E-state index contributed by atoms with van der Waals surface area (Å²) in [6, 6.07) is 9.89. The van der Waals surface area contributed by atoms with Crippen LogP contribution in [0.2, 0.25) is 0 Å². The van der Waals surface area contributed by atoms with Gasteiger partial charge in [0.05, 0.1) is 28.6 Å². The first-order valence-electron chi connectivity index (χ1n) is 8.30. The minimum Gasteiger partial charge on any atom is -0.270 e. The van der Waals surface area contributed by atoms with Crippen LogP contribution in [-0.2, 0) is 26.6 Å². The van der Waals surface area contributed by atoms with Gasteiger partial charge in [-0.25, -0.2) is 21.6 Å². The second kappa shape index (κ2) is 7.34. The average Bonchev–Trinajstić information content (AvgIpc) is 2.60. The molecule has 26 heavy (non-hydrogen) atoms. The first-order chi connectivity index (χ1) is 12.3. The molecule has 0 radical (unpaired) electrons. The lowest BCUT2D eigenvalue weighted by molar-refractivity contribution is 0.574. The molecular weight excluding hydrogens is 374 g/mol. The monoisotopic (exact) mass is 395 g/mol. The van der Waals surface area contributed by atoms with Crippen molar-refractivity contribution in [1.82, 2.24) is 9.71 Å². The van der Waals surface area contributed by atoms with Crippen molar-refractivity contribution in [3.63, 3.8) is 0 Å². The molecule has 2 heterocycles. The largest absolute Gasteiger partial charge is 0.270 e. The zero-order valence-corrected chi connectivity index (χ0v) is 16.1. The van der Waals surface area contributed by atoms with E-state index < -0.39 is 20.0 Å². The van der Waals surface area contributed by atoms with Crippen LogP contribution in [0, 0.1) is 6.92 Å². The van der Waals surface area contributed by atoms with Crippen molar-refractivity contribution in [2.24, 2.45) is 0 Å². The normalized spacial score (nSPS) is 17.2. The number of hydrogen-bond acceptors (Lipinski definition) is 5. The zero-order chi connectivity index (χ0) is 18.8. The molecule has 3 rings (SSSR count). The van der Waals surface area contributed by atoms with Crippen molar-refractivity contribution < 1.29 is 16.8 Å². The minimum atomic E-state index is -3.72. The van der Waals surface area contributed by atoms with E-state index in [1.165, 1.54) is 10.4 Å². The Morgan fingerprint density at radius 2 is 2.00 bits per heavy atom. The zero-order valence-electron chi connectivity index (χ0n) is 14.4. The number of rotatable bonds is 5. The third kappa shape index (κ3) is 4.05. The summed E-state index contributed by atoms with van der Waals surface area (Å²) >= 11 is 0. The average molecular weight is 396 g/mol. The molecule has 1 aliphatic rings. The lowest BCUT2D eigenvalue weighted by Gasteiger charge is -2.28. The number of aromatic nitrogens is 1. The second-order valence-electron chi connectivity index (χ2n) is 6.19. The molecule has 0 amide bonds. The van der Waals surface area contributed by atoms with Crippen molar-refractivity contribution in [2.45, 2.75) is 31.2 Å². The van der Waals surface area contributed by atoms with Gasteiger partial charge in [0, 0.05) is 12.7 Å². The van der Waals surface area contributed by atoms with Gasteiger partial charge in [-0.15, -0.1) is 0 Å². The minimum absolute atomic E-state index is 0.0882. The van der Waals surface area contributed by atoms with E-state index in [1.54, 1.807) is 43.5 Å². The van der Waals surface area contributed by atoms with Crippen LogP contribution >= 0.6 is 0 Å². The van der Waals surface area contributed by atoms with Crippen molar-refractivity contribution in [3.8, 4) is 0 Å². The van der Waals surface area contributed by atoms with Gasteiger partial charge < -0.3 is 0 Å². The number of pyridine rings is 1. The predicted octanol–water partition coefficient (Wildman–Crippen LogP) is 1.80. The maximum Gasteiger partial charge on any atom is 0.241 e. The fraction of sp³-hybridized carbons (Fsp3) is 0.353. The first kappa shape index (κ1) is 18.8. The van der Waals surface area contributed by atoms with Crippen LogP contribution in [0.5, 0.6) is 0 Å². The van der Waals surface area contributed by atoms with Gasteiger partial charge in [-0.05, 0) is 55.7 Å². The highest BCUT2D eigenvalue weighted by Crippen LogP contribution is 2.27. The molecule has 0 aliphatic carbocycles. The van der Waals surface area contributed by atoms with E-state index in [1.807, 2.05) is 0 Å². The fourth-order valence-corrected chi connectivity index (χ4v) is 5.77. The number of benzene rings is 1. The highest BCUT2D eigenvalue weighted by Gasteiger charge is 2.27. The Morgan fingerprint density at radius 3 is 2.65 bits per heavy atom. The van der Waals surface area contributed by atoms with Gasteiger partial charge in [0.1, 0.15) is 0 Å². The van der Waals surface area contributed by atoms with Crippen molar-refractivity contribution in [3.05, 3.63) is 53.9 Å². The molecule has 1 saturated heterocycles. The summed E-state index contributed by atoms with van der Waals surface area (Å²) in [4.78, 5) is 4.22. The summed E-state index contributed by atoms with van der Waals surface area (Å²) in [7, 11) is -7.05. The van der Waals surface area contributed by atoms with E-state index in [2.05, 4.69) is 9.71 Å². The van der Waals surface area contributed by atoms with Crippen LogP contribution in [0.4, 0.5) is 5.69 Å². The number of nitrogens with one attached hydrogen (secondary N) is 1. The number of nitrogens with zero attached hydrogens (tertiary/aromatic N) is 2. The van der Waals surface area contributed by atoms with Crippen LogP contribution in [-0.4, -0.2) is 34.1 Å². The molecule has 1 aliphatic heterocycles. The molecule has 0 saturated carbocycles. The van der Waals surface area contributed by atoms with Crippen LogP contribution < -0.4 is 9.03 Å². The molecule has 0 atom stereocenters. The summed E-state index contributed by atoms with van der Waals surface area (Å²) in [5.41, 5.74) is 1.62. The second-order valence-corrected chi connectivity index (χ2v) is 9.94. The van der Waals surface area contributed by atoms with Crippen molar-refractivity contribution >= 4 is 25.7 Å². The third-order valence-corrected chi connectivity index (χ3v) is 7.69. The SMILES string of the molecule is Cc1cc(N2CCCCS2(=O)=O)ccc1S(=O)(=O)NCc1ccccn1. The summed E-state index contributed by atoms with van der Waals surface area (Å²) < 4.78 is 53.5. The molecule has 1 N–H and O–H groups in total. The van der Waals surface area contributed by atoms with E-state index in [4.69, 9.17) is 0 Å². The predicted molar refractivity (Wildman–Crippen MR) is 99.8 cm³/mol. The maximum atomic E-state index is 12.6. The van der Waals surface area contributed by atoms with E-state index in [0.717, 1.165) is 6.42 Å². The Labute approximate surface area is 154 Å². The van der Waals surface area contributed by atoms with Crippen LogP contribution in [0.25, 0.3) is 0 Å². The van der Waals surface area contributed by atoms with Gasteiger partial charge >= 0.3 is 0 Å². The highest BCUT2D eigenvalue weighted by molar-refractivity contribution is 7.92. The fourth-order valence-electron chi connectivity index (χ4n) is 2.92. The van der Waals surface area contributed by atoms with Crippen molar-refractivity contribution in [2.75, 3.05) is 16.6 Å². The molecular formula is C17H21N3O4S2. The van der Waals surface area contributed by atoms with E-state index >= 15 is 0 Å². The van der Waals surface area contributed by atoms with Gasteiger partial charge in [0.25, 0.3) is 0 Å². The lowest BCUT2D eigenvalue weighted by atomic mass is 10.2. The summed E-state index contributed by atoms with van der Waals surface area (Å²) in [5.74, 6) is 0.123. The van der Waals surface area contributed by atoms with Crippen LogP contribution in [0.3, 0.4) is 0 Å². The van der Waals surface area contributed by atoms with E-state index in [-0.39, 0.29) is 17.2 Å². The molecule has 1 fully saturated rings. The Bertz CT molecular complexity index is 990. The van der Waals surface area contributed by atoms with Gasteiger partial charge in [0.15, 0.2) is 0 Å². The molecule has 0 bridgehead atoms. The number of anilines is 1. The van der Waals surface area contributed by atoms with Gasteiger partial charge in [-0.3, -0.25) is 9.29 Å². The molecule has 1 aromatic carbocycles. The highest BCUT2D eigenvalue weighted by atomic mass is 32.2. The van der Waals surface area contributed by atoms with Crippen LogP contribution in [0.1, 0.15) is 24.1 Å². The summed E-state index contributed by atoms with van der Waals surface area (Å²) in [6.07, 6.45) is 3.05. The summed E-state index contributed by atoms with van der Waals surface area (Å²) in [6.45, 7) is 2.17. The quantitative estimate of drug-likeness (QED) is 0.833. The third-order valence-electron chi connectivity index (χ3n) is 4.25. The first-order valence-corrected chi connectivity index (χ1v) is 11.4. The van der Waals surface area contributed by atoms with Crippen LogP contribution in [0.15, 0.2) is 47.5 Å². The van der Waals surface area contributed by atoms with Gasteiger partial charge in [-0.2, -0.15) is 0 Å². The Kier molecular flexibility index (Phi) is 5.31. The molecule has 2 aromatic rings. The molecule has 7 nitrogen and oxygen atoms in total. The van der Waals surface area contributed by atoms with Gasteiger partial charge in [-0.1, -0.05) is 6.07 Å². The smallest absolute Gasteiger partial charge is 0.241 e. The number of hydrogen-bond donors (Lipinski definition) is 1. The van der Waals surface area contributed by atoms with Gasteiger partial charge in [0.2, 0.25) is 20.0 Å². The Hall–Kier alpha value is -1.97.